The number of phenolic OH excluding ortho intramolecular Hbond substituents is 1. The highest BCUT2D eigenvalue weighted by molar-refractivity contribution is 5.68. The van der Waals surface area contributed by atoms with E-state index in [0.717, 1.165) is 37.0 Å². The summed E-state index contributed by atoms with van der Waals surface area (Å²) in [5.74, 6) is 1.34. The van der Waals surface area contributed by atoms with Crippen molar-refractivity contribution in [3.05, 3.63) is 35.4 Å². The summed E-state index contributed by atoms with van der Waals surface area (Å²) < 4.78 is 19.0. The summed E-state index contributed by atoms with van der Waals surface area (Å²) in [5, 5.41) is 10.1. The van der Waals surface area contributed by atoms with Crippen molar-refractivity contribution in [2.75, 3.05) is 13.1 Å². The third kappa shape index (κ3) is 5.16. The first-order chi connectivity index (χ1) is 15.4. The maximum atomic E-state index is 12.7. The maximum Gasteiger partial charge on any atom is 0.410 e. The summed E-state index contributed by atoms with van der Waals surface area (Å²) in [6.07, 6.45) is 5.57. The average Bonchev–Trinajstić information content (AvgIpc) is 2.70. The van der Waals surface area contributed by atoms with Crippen LogP contribution in [0.5, 0.6) is 11.5 Å². The first-order valence-corrected chi connectivity index (χ1v) is 12.2. The lowest BCUT2D eigenvalue weighted by molar-refractivity contribution is -0.191. The molecular formula is C27H39NO5. The van der Waals surface area contributed by atoms with Crippen molar-refractivity contribution in [2.24, 2.45) is 11.8 Å². The molecular weight excluding hydrogens is 418 g/mol. The number of hydrogen-bond acceptors (Lipinski definition) is 5. The van der Waals surface area contributed by atoms with Crippen LogP contribution in [0.15, 0.2) is 29.8 Å². The summed E-state index contributed by atoms with van der Waals surface area (Å²) in [5.41, 5.74) is 1.39. The number of benzene rings is 1. The van der Waals surface area contributed by atoms with E-state index >= 15 is 0 Å². The van der Waals surface area contributed by atoms with Gasteiger partial charge in [-0.1, -0.05) is 11.6 Å². The number of piperidine rings is 1. The molecule has 1 aromatic rings. The predicted octanol–water partition coefficient (Wildman–Crippen LogP) is 5.99. The van der Waals surface area contributed by atoms with Gasteiger partial charge in [0, 0.05) is 36.6 Å². The van der Waals surface area contributed by atoms with Crippen LogP contribution in [-0.2, 0) is 9.47 Å². The smallest absolute Gasteiger partial charge is 0.410 e. The van der Waals surface area contributed by atoms with Crippen LogP contribution in [0.25, 0.3) is 0 Å². The van der Waals surface area contributed by atoms with Crippen LogP contribution >= 0.6 is 0 Å². The molecule has 6 nitrogen and oxygen atoms in total. The lowest BCUT2D eigenvalue weighted by Crippen LogP contribution is -2.57. The minimum atomic E-state index is -0.502. The fourth-order valence-corrected chi connectivity index (χ4v) is 5.56. The molecule has 0 bridgehead atoms. The van der Waals surface area contributed by atoms with Gasteiger partial charge in [-0.25, -0.2) is 4.79 Å². The fourth-order valence-electron chi connectivity index (χ4n) is 5.56. The molecule has 0 aliphatic carbocycles. The summed E-state index contributed by atoms with van der Waals surface area (Å²) in [6.45, 7) is 13.4. The van der Waals surface area contributed by atoms with Crippen LogP contribution < -0.4 is 4.74 Å². The van der Waals surface area contributed by atoms with Crippen molar-refractivity contribution in [3.8, 4) is 11.5 Å². The van der Waals surface area contributed by atoms with Gasteiger partial charge in [0.15, 0.2) is 0 Å². The number of nitrogens with zero attached hydrogens (tertiary/aromatic N) is 1. The monoisotopic (exact) mass is 457 g/mol. The van der Waals surface area contributed by atoms with Crippen molar-refractivity contribution in [1.82, 2.24) is 4.90 Å². The van der Waals surface area contributed by atoms with Gasteiger partial charge in [-0.3, -0.25) is 0 Å². The van der Waals surface area contributed by atoms with Crippen LogP contribution in [0, 0.1) is 11.8 Å². The number of likely N-dealkylation sites (tertiary alicyclic amines) is 1. The van der Waals surface area contributed by atoms with Gasteiger partial charge in [-0.05, 0) is 79.4 Å². The Bertz CT molecular complexity index is 916. The number of carbonyl (C=O) groups is 1. The van der Waals surface area contributed by atoms with Gasteiger partial charge in [0.25, 0.3) is 0 Å². The number of carbonyl (C=O) groups excluding carboxylic acids is 1. The summed E-state index contributed by atoms with van der Waals surface area (Å²) in [4.78, 5) is 14.5. The van der Waals surface area contributed by atoms with Gasteiger partial charge < -0.3 is 24.2 Å². The lowest BCUT2D eigenvalue weighted by Gasteiger charge is -2.54. The molecule has 0 spiro atoms. The molecule has 1 amide bonds. The zero-order valence-corrected chi connectivity index (χ0v) is 20.9. The SMILES string of the molecule is CC(C)=CCC[C@@]1(C)Oc2cc(O)ccc2[C@H]2O[C@H]3CCN(C(=O)OC(C)(C)C)C[C@@H]3C[C@@H]21. The van der Waals surface area contributed by atoms with E-state index in [9.17, 15) is 9.90 Å². The minimum Gasteiger partial charge on any atom is -0.508 e. The fraction of sp³-hybridized carbons (Fsp3) is 0.667. The lowest BCUT2D eigenvalue weighted by atomic mass is 9.68. The topological polar surface area (TPSA) is 68.2 Å². The Kier molecular flexibility index (Phi) is 6.43. The van der Waals surface area contributed by atoms with E-state index in [1.807, 2.05) is 31.7 Å². The highest BCUT2D eigenvalue weighted by Crippen LogP contribution is 2.54. The van der Waals surface area contributed by atoms with E-state index in [0.29, 0.717) is 13.1 Å². The second-order valence-corrected chi connectivity index (χ2v) is 11.4. The molecule has 3 heterocycles. The maximum absolute atomic E-state index is 12.7. The van der Waals surface area contributed by atoms with Crippen molar-refractivity contribution in [2.45, 2.75) is 90.6 Å². The van der Waals surface area contributed by atoms with Crippen molar-refractivity contribution >= 4 is 6.09 Å². The average molecular weight is 458 g/mol. The van der Waals surface area contributed by atoms with E-state index < -0.39 is 11.2 Å². The van der Waals surface area contributed by atoms with Gasteiger partial charge in [-0.15, -0.1) is 0 Å². The highest BCUT2D eigenvalue weighted by Gasteiger charge is 2.53. The van der Waals surface area contributed by atoms with E-state index in [-0.39, 0.29) is 35.9 Å². The van der Waals surface area contributed by atoms with Gasteiger partial charge in [0.1, 0.15) is 22.7 Å². The van der Waals surface area contributed by atoms with Crippen LogP contribution in [-0.4, -0.2) is 46.5 Å². The first kappa shape index (κ1) is 23.9. The largest absolute Gasteiger partial charge is 0.508 e. The number of hydrogen-bond donors (Lipinski definition) is 1. The van der Waals surface area contributed by atoms with Crippen LogP contribution in [0.2, 0.25) is 0 Å². The number of amides is 1. The predicted molar refractivity (Wildman–Crippen MR) is 127 cm³/mol. The van der Waals surface area contributed by atoms with Crippen molar-refractivity contribution in [1.29, 1.82) is 0 Å². The molecule has 0 aromatic heterocycles. The molecule has 1 aromatic carbocycles. The molecule has 5 atom stereocenters. The third-order valence-corrected chi connectivity index (χ3v) is 7.18. The van der Waals surface area contributed by atoms with Gasteiger partial charge >= 0.3 is 6.09 Å². The number of ether oxygens (including phenoxy) is 3. The van der Waals surface area contributed by atoms with Gasteiger partial charge in [0.05, 0.1) is 12.2 Å². The van der Waals surface area contributed by atoms with Crippen LogP contribution in [0.4, 0.5) is 4.79 Å². The molecule has 3 aliphatic heterocycles. The number of fused-ring (bicyclic) bond motifs is 4. The molecule has 1 N–H and O–H groups in total. The standard InChI is InChI=1S/C27H39NO5/c1-17(2)8-7-12-27(6)21-14-18-16-28(25(30)33-26(3,4)5)13-11-22(18)31-24(21)20-10-9-19(29)15-23(20)32-27/h8-10,15,18,21-22,24,29H,7,11-14,16H2,1-6H3/t18-,21-,22-,24+,27+/m0/s1. The van der Waals surface area contributed by atoms with Crippen LogP contribution in [0.1, 0.15) is 78.9 Å². The quantitative estimate of drug-likeness (QED) is 0.565. The number of phenols is 1. The second kappa shape index (κ2) is 8.86. The molecule has 182 valence electrons. The molecule has 4 rings (SSSR count). The summed E-state index contributed by atoms with van der Waals surface area (Å²) in [6, 6.07) is 5.37. The zero-order chi connectivity index (χ0) is 24.0. The van der Waals surface area contributed by atoms with Gasteiger partial charge in [0.2, 0.25) is 0 Å². The third-order valence-electron chi connectivity index (χ3n) is 7.18. The molecule has 2 fully saturated rings. The second-order valence-electron chi connectivity index (χ2n) is 11.4. The molecule has 6 heteroatoms. The Hall–Kier alpha value is -2.21. The van der Waals surface area contributed by atoms with Gasteiger partial charge in [-0.2, -0.15) is 0 Å². The molecule has 0 unspecified atom stereocenters. The number of rotatable bonds is 3. The van der Waals surface area contributed by atoms with E-state index in [1.54, 1.807) is 12.1 Å². The summed E-state index contributed by atoms with van der Waals surface area (Å²) in [7, 11) is 0. The Morgan fingerprint density at radius 1 is 1.33 bits per heavy atom. The Labute approximate surface area is 197 Å². The summed E-state index contributed by atoms with van der Waals surface area (Å²) >= 11 is 0. The molecule has 0 saturated carbocycles. The molecule has 0 radical (unpaired) electrons. The van der Waals surface area contributed by atoms with E-state index in [2.05, 4.69) is 26.8 Å². The molecule has 2 saturated heterocycles. The number of allylic oxidation sites excluding steroid dienone is 2. The molecule has 3 aliphatic rings. The van der Waals surface area contributed by atoms with Crippen molar-refractivity contribution < 1.29 is 24.1 Å². The van der Waals surface area contributed by atoms with E-state index in [4.69, 9.17) is 14.2 Å². The minimum absolute atomic E-state index is 0.0691. The number of aromatic hydroxyl groups is 1. The Morgan fingerprint density at radius 3 is 2.79 bits per heavy atom. The highest BCUT2D eigenvalue weighted by atomic mass is 16.6. The molecule has 33 heavy (non-hydrogen) atoms. The first-order valence-electron chi connectivity index (χ1n) is 12.2. The van der Waals surface area contributed by atoms with E-state index in [1.165, 1.54) is 5.57 Å². The Morgan fingerprint density at radius 2 is 2.09 bits per heavy atom. The zero-order valence-electron chi connectivity index (χ0n) is 20.9. The Balaban J connectivity index is 1.58. The normalized spacial score (nSPS) is 30.9. The van der Waals surface area contributed by atoms with Crippen molar-refractivity contribution in [3.63, 3.8) is 0 Å². The van der Waals surface area contributed by atoms with Crippen LogP contribution in [0.3, 0.4) is 0 Å².